The van der Waals surface area contributed by atoms with E-state index in [1.165, 1.54) is 6.04 Å². The van der Waals surface area contributed by atoms with Crippen LogP contribution in [0.1, 0.15) is 6.92 Å². The summed E-state index contributed by atoms with van der Waals surface area (Å²) in [5, 5.41) is 1.58. The van der Waals surface area contributed by atoms with Gasteiger partial charge in [0, 0.05) is 0 Å². The van der Waals surface area contributed by atoms with E-state index in [2.05, 4.69) is 68.1 Å². The maximum Gasteiger partial charge on any atom is 0.0938 e. The van der Waals surface area contributed by atoms with Crippen LogP contribution in [0.2, 0.25) is 18.1 Å². The Morgan fingerprint density at radius 3 is 2.20 bits per heavy atom. The second-order valence-corrected chi connectivity index (χ2v) is 9.22. The Kier molecular flexibility index (Phi) is 2.92. The van der Waals surface area contributed by atoms with E-state index in [-0.39, 0.29) is 0 Å². The van der Waals surface area contributed by atoms with Crippen molar-refractivity contribution >= 4 is 13.3 Å². The van der Waals surface area contributed by atoms with E-state index in [0.717, 1.165) is 0 Å². The second kappa shape index (κ2) is 4.19. The minimum absolute atomic E-state index is 0.685. The minimum Gasteiger partial charge on any atom is -0.0800 e. The van der Waals surface area contributed by atoms with Gasteiger partial charge in [0.15, 0.2) is 0 Å². The number of benzene rings is 1. The molecule has 1 unspecified atom stereocenters. The van der Waals surface area contributed by atoms with Crippen molar-refractivity contribution in [2.45, 2.75) is 25.1 Å². The fourth-order valence-corrected chi connectivity index (χ4v) is 5.60. The number of hydrogen-bond acceptors (Lipinski definition) is 0. The molecule has 1 aromatic rings. The lowest BCUT2D eigenvalue weighted by Crippen LogP contribution is -2.46. The Hall–Kier alpha value is -1.08. The van der Waals surface area contributed by atoms with Crippen LogP contribution in [0, 0.1) is 0 Å². The maximum absolute atomic E-state index is 2.49. The van der Waals surface area contributed by atoms with Gasteiger partial charge < -0.3 is 0 Å². The average molecular weight is 214 g/mol. The summed E-state index contributed by atoms with van der Waals surface area (Å²) in [6, 6.07) is 12.3. The summed E-state index contributed by atoms with van der Waals surface area (Å²) in [4.78, 5) is 0. The first-order chi connectivity index (χ1) is 7.27. The van der Waals surface area contributed by atoms with Crippen LogP contribution in [-0.4, -0.2) is 8.07 Å². The number of rotatable bonds is 3. The molecular formula is C14H18Si. The standard InChI is InChI=1S/C14H18Si/c1-3-15(2,14-11-7-8-12-14)13-9-5-4-6-10-13/h4-12,14H,3H2,1-2H3. The van der Waals surface area contributed by atoms with E-state index in [1.54, 1.807) is 5.19 Å². The van der Waals surface area contributed by atoms with Gasteiger partial charge in [0.25, 0.3) is 0 Å². The van der Waals surface area contributed by atoms with Crippen molar-refractivity contribution in [2.75, 3.05) is 0 Å². The Bertz CT molecular complexity index is 366. The van der Waals surface area contributed by atoms with Crippen LogP contribution in [0.15, 0.2) is 54.6 Å². The normalized spacial score (nSPS) is 19.3. The minimum atomic E-state index is -1.34. The van der Waals surface area contributed by atoms with Crippen LogP contribution in [0.25, 0.3) is 0 Å². The molecule has 0 saturated carbocycles. The molecule has 0 radical (unpaired) electrons. The van der Waals surface area contributed by atoms with Gasteiger partial charge in [-0.25, -0.2) is 0 Å². The summed E-state index contributed by atoms with van der Waals surface area (Å²) in [5.74, 6) is 0. The fraction of sp³-hybridized carbons (Fsp3) is 0.286. The molecule has 1 aliphatic carbocycles. The lowest BCUT2D eigenvalue weighted by molar-refractivity contribution is 1.23. The third kappa shape index (κ3) is 1.84. The van der Waals surface area contributed by atoms with Crippen LogP contribution in [0.5, 0.6) is 0 Å². The molecular weight excluding hydrogens is 196 g/mol. The molecule has 0 aliphatic heterocycles. The van der Waals surface area contributed by atoms with E-state index in [9.17, 15) is 0 Å². The van der Waals surface area contributed by atoms with Gasteiger partial charge in [-0.05, 0) is 5.54 Å². The zero-order chi connectivity index (χ0) is 10.7. The highest BCUT2D eigenvalue weighted by atomic mass is 28.3. The van der Waals surface area contributed by atoms with Crippen molar-refractivity contribution in [1.82, 2.24) is 0 Å². The first-order valence-electron chi connectivity index (χ1n) is 5.68. The first kappa shape index (κ1) is 10.4. The van der Waals surface area contributed by atoms with Gasteiger partial charge in [0.1, 0.15) is 0 Å². The van der Waals surface area contributed by atoms with E-state index in [1.807, 2.05) is 0 Å². The Morgan fingerprint density at radius 1 is 1.07 bits per heavy atom. The molecule has 0 aromatic heterocycles. The van der Waals surface area contributed by atoms with Gasteiger partial charge in [-0.1, -0.05) is 79.3 Å². The highest BCUT2D eigenvalue weighted by Gasteiger charge is 2.34. The van der Waals surface area contributed by atoms with E-state index < -0.39 is 8.07 Å². The molecule has 0 heterocycles. The van der Waals surface area contributed by atoms with Gasteiger partial charge in [-0.15, -0.1) is 0 Å². The first-order valence-corrected chi connectivity index (χ1v) is 8.46. The predicted octanol–water partition coefficient (Wildman–Crippen LogP) is 3.49. The zero-order valence-corrected chi connectivity index (χ0v) is 10.5. The third-order valence-corrected chi connectivity index (χ3v) is 8.63. The van der Waals surface area contributed by atoms with Crippen LogP contribution in [0.4, 0.5) is 0 Å². The van der Waals surface area contributed by atoms with Crippen molar-refractivity contribution in [2.24, 2.45) is 0 Å². The number of allylic oxidation sites excluding steroid dienone is 4. The summed E-state index contributed by atoms with van der Waals surface area (Å²) in [6.07, 6.45) is 9.11. The Labute approximate surface area is 93.3 Å². The fourth-order valence-electron chi connectivity index (χ4n) is 2.31. The lowest BCUT2D eigenvalue weighted by atomic mass is 10.4. The van der Waals surface area contributed by atoms with Crippen LogP contribution in [0.3, 0.4) is 0 Å². The van der Waals surface area contributed by atoms with Gasteiger partial charge in [-0.2, -0.15) is 0 Å². The van der Waals surface area contributed by atoms with Crippen LogP contribution >= 0.6 is 0 Å². The SMILES string of the molecule is CC[Si](C)(c1ccccc1)C1C=CC=C1. The largest absolute Gasteiger partial charge is 0.0938 e. The van der Waals surface area contributed by atoms with Crippen molar-refractivity contribution in [1.29, 1.82) is 0 Å². The van der Waals surface area contributed by atoms with Gasteiger partial charge in [0.05, 0.1) is 8.07 Å². The summed E-state index contributed by atoms with van der Waals surface area (Å²) in [6.45, 7) is 4.83. The van der Waals surface area contributed by atoms with Crippen LogP contribution in [-0.2, 0) is 0 Å². The summed E-state index contributed by atoms with van der Waals surface area (Å²) < 4.78 is 0. The zero-order valence-electron chi connectivity index (χ0n) is 9.48. The molecule has 0 amide bonds. The van der Waals surface area contributed by atoms with E-state index in [4.69, 9.17) is 0 Å². The maximum atomic E-state index is 2.49. The van der Waals surface area contributed by atoms with Crippen molar-refractivity contribution in [3.8, 4) is 0 Å². The average Bonchev–Trinajstić information content (AvgIpc) is 2.83. The molecule has 0 fully saturated rings. The molecule has 1 aromatic carbocycles. The summed E-state index contributed by atoms with van der Waals surface area (Å²) in [5.41, 5.74) is 0.685. The van der Waals surface area contributed by atoms with Gasteiger partial charge in [0.2, 0.25) is 0 Å². The Morgan fingerprint density at radius 2 is 1.67 bits per heavy atom. The Balaban J connectivity index is 2.37. The van der Waals surface area contributed by atoms with Gasteiger partial charge in [-0.3, -0.25) is 0 Å². The molecule has 2 rings (SSSR count). The second-order valence-electron chi connectivity index (χ2n) is 4.43. The highest BCUT2D eigenvalue weighted by molar-refractivity contribution is 6.92. The van der Waals surface area contributed by atoms with E-state index in [0.29, 0.717) is 5.54 Å². The lowest BCUT2D eigenvalue weighted by Gasteiger charge is -2.31. The monoisotopic (exact) mass is 214 g/mol. The quantitative estimate of drug-likeness (QED) is 0.676. The molecule has 0 nitrogen and oxygen atoms in total. The molecule has 78 valence electrons. The van der Waals surface area contributed by atoms with Gasteiger partial charge >= 0.3 is 0 Å². The highest BCUT2D eigenvalue weighted by Crippen LogP contribution is 2.31. The topological polar surface area (TPSA) is 0 Å². The molecule has 0 bridgehead atoms. The van der Waals surface area contributed by atoms with E-state index >= 15 is 0 Å². The predicted molar refractivity (Wildman–Crippen MR) is 70.2 cm³/mol. The third-order valence-electron chi connectivity index (χ3n) is 3.65. The van der Waals surface area contributed by atoms with Crippen molar-refractivity contribution in [3.05, 3.63) is 54.6 Å². The van der Waals surface area contributed by atoms with Crippen LogP contribution < -0.4 is 5.19 Å². The van der Waals surface area contributed by atoms with Crippen molar-refractivity contribution in [3.63, 3.8) is 0 Å². The summed E-state index contributed by atoms with van der Waals surface area (Å²) in [7, 11) is -1.34. The molecule has 15 heavy (non-hydrogen) atoms. The number of hydrogen-bond donors (Lipinski definition) is 0. The molecule has 1 heteroatoms. The molecule has 1 atom stereocenters. The molecule has 0 N–H and O–H groups in total. The molecule has 0 saturated heterocycles. The summed E-state index contributed by atoms with van der Waals surface area (Å²) >= 11 is 0. The van der Waals surface area contributed by atoms with Crippen molar-refractivity contribution < 1.29 is 0 Å². The smallest absolute Gasteiger partial charge is 0.0800 e. The molecule has 0 spiro atoms. The molecule has 1 aliphatic rings.